The predicted octanol–water partition coefficient (Wildman–Crippen LogP) is 1.62. The molecule has 2 heterocycles. The van der Waals surface area contributed by atoms with Crippen LogP contribution in [0, 0.1) is 0 Å². The second-order valence-electron chi connectivity index (χ2n) is 2.79. The maximum absolute atomic E-state index is 11.5. The van der Waals surface area contributed by atoms with Crippen LogP contribution in [0.25, 0.3) is 0 Å². The van der Waals surface area contributed by atoms with E-state index in [1.165, 1.54) is 0 Å². The van der Waals surface area contributed by atoms with Gasteiger partial charge in [-0.05, 0) is 11.6 Å². The quantitative estimate of drug-likeness (QED) is 0.920. The number of nitrogens with one attached hydrogen (secondary N) is 1. The lowest BCUT2D eigenvalue weighted by Gasteiger charge is -1.99. The zero-order valence-corrected chi connectivity index (χ0v) is 10.4. The number of aromatic nitrogens is 3. The summed E-state index contributed by atoms with van der Waals surface area (Å²) in [6.07, 6.45) is 2.46. The summed E-state index contributed by atoms with van der Waals surface area (Å²) < 4.78 is 0.269. The molecule has 0 aliphatic carbocycles. The lowest BCUT2D eigenvalue weighted by atomic mass is 10.4. The van der Waals surface area contributed by atoms with E-state index in [-0.39, 0.29) is 15.4 Å². The number of halogens is 1. The first-order valence-corrected chi connectivity index (χ1v) is 6.48. The van der Waals surface area contributed by atoms with E-state index >= 15 is 0 Å². The van der Waals surface area contributed by atoms with Crippen molar-refractivity contribution in [1.82, 2.24) is 20.5 Å². The molecule has 0 saturated heterocycles. The second kappa shape index (κ2) is 5.33. The van der Waals surface area contributed by atoms with E-state index in [1.54, 1.807) is 17.5 Å². The van der Waals surface area contributed by atoms with Crippen LogP contribution < -0.4 is 5.32 Å². The molecular weight excluding hydrogens is 268 g/mol. The fourth-order valence-corrected chi connectivity index (χ4v) is 2.40. The molecule has 84 valence electrons. The Morgan fingerprint density at radius 2 is 2.38 bits per heavy atom. The summed E-state index contributed by atoms with van der Waals surface area (Å²) in [7, 11) is 0. The molecule has 0 aliphatic heterocycles. The molecule has 2 aromatic rings. The van der Waals surface area contributed by atoms with Gasteiger partial charge in [0.15, 0.2) is 0 Å². The number of thiazole rings is 1. The summed E-state index contributed by atoms with van der Waals surface area (Å²) in [5, 5.41) is 13.1. The Kier molecular flexibility index (Phi) is 3.81. The highest BCUT2D eigenvalue weighted by molar-refractivity contribution is 7.17. The van der Waals surface area contributed by atoms with Gasteiger partial charge in [-0.2, -0.15) is 0 Å². The molecule has 2 rings (SSSR count). The van der Waals surface area contributed by atoms with Gasteiger partial charge in [-0.15, -0.1) is 21.5 Å². The van der Waals surface area contributed by atoms with Crippen LogP contribution in [0.4, 0.5) is 0 Å². The Hall–Kier alpha value is -1.05. The van der Waals surface area contributed by atoms with E-state index in [1.807, 2.05) is 5.38 Å². The largest absolute Gasteiger partial charge is 0.349 e. The lowest BCUT2D eigenvalue weighted by molar-refractivity contribution is 0.0953. The molecule has 0 radical (unpaired) electrons. The SMILES string of the molecule is O=C(NCCc1nccs1)c1nnc(Cl)s1. The minimum atomic E-state index is -0.249. The van der Waals surface area contributed by atoms with Crippen molar-refractivity contribution in [3.05, 3.63) is 26.1 Å². The van der Waals surface area contributed by atoms with Crippen molar-refractivity contribution in [2.45, 2.75) is 6.42 Å². The number of nitrogens with zero attached hydrogens (tertiary/aromatic N) is 3. The van der Waals surface area contributed by atoms with E-state index in [0.717, 1.165) is 22.8 Å². The molecule has 8 heteroatoms. The number of rotatable bonds is 4. The zero-order valence-electron chi connectivity index (χ0n) is 8.01. The third kappa shape index (κ3) is 2.97. The van der Waals surface area contributed by atoms with Crippen LogP contribution in [0.3, 0.4) is 0 Å². The van der Waals surface area contributed by atoms with Crippen LogP contribution in [0.1, 0.15) is 14.8 Å². The maximum atomic E-state index is 11.5. The fraction of sp³-hybridized carbons (Fsp3) is 0.250. The Bertz CT molecular complexity index is 470. The zero-order chi connectivity index (χ0) is 11.4. The standard InChI is InChI=1S/C8H7ClN4OS2/c9-8-13-12-7(16-8)6(14)11-2-1-5-10-3-4-15-5/h3-4H,1-2H2,(H,11,14). The Morgan fingerprint density at radius 1 is 1.50 bits per heavy atom. The monoisotopic (exact) mass is 274 g/mol. The minimum absolute atomic E-state index is 0.249. The average Bonchev–Trinajstić information content (AvgIpc) is 2.89. The van der Waals surface area contributed by atoms with Gasteiger partial charge in [-0.3, -0.25) is 4.79 Å². The van der Waals surface area contributed by atoms with Gasteiger partial charge in [0.25, 0.3) is 5.91 Å². The number of carbonyl (C=O) groups excluding carboxylic acids is 1. The third-order valence-corrected chi connectivity index (χ3v) is 3.56. The summed E-state index contributed by atoms with van der Waals surface area (Å²) in [5.74, 6) is -0.249. The van der Waals surface area contributed by atoms with Gasteiger partial charge in [-0.1, -0.05) is 11.3 Å². The average molecular weight is 275 g/mol. The number of hydrogen-bond acceptors (Lipinski definition) is 6. The minimum Gasteiger partial charge on any atom is -0.349 e. The molecule has 0 spiro atoms. The van der Waals surface area contributed by atoms with Gasteiger partial charge in [-0.25, -0.2) is 4.98 Å². The summed E-state index contributed by atoms with van der Waals surface area (Å²) in [6.45, 7) is 0.531. The molecule has 0 atom stereocenters. The van der Waals surface area contributed by atoms with Crippen molar-refractivity contribution in [1.29, 1.82) is 0 Å². The Morgan fingerprint density at radius 3 is 3.00 bits per heavy atom. The van der Waals surface area contributed by atoms with Crippen LogP contribution in [0.15, 0.2) is 11.6 Å². The number of amides is 1. The van der Waals surface area contributed by atoms with Gasteiger partial charge >= 0.3 is 0 Å². The molecule has 2 aromatic heterocycles. The smallest absolute Gasteiger partial charge is 0.282 e. The first-order valence-electron chi connectivity index (χ1n) is 4.41. The highest BCUT2D eigenvalue weighted by atomic mass is 35.5. The van der Waals surface area contributed by atoms with E-state index < -0.39 is 0 Å². The molecule has 1 amide bonds. The number of hydrogen-bond donors (Lipinski definition) is 1. The van der Waals surface area contributed by atoms with Gasteiger partial charge in [0.1, 0.15) is 0 Å². The predicted molar refractivity (Wildman–Crippen MR) is 63.1 cm³/mol. The topological polar surface area (TPSA) is 67.8 Å². The van der Waals surface area contributed by atoms with Crippen molar-refractivity contribution in [3.8, 4) is 0 Å². The summed E-state index contributed by atoms with van der Waals surface area (Å²) in [6, 6.07) is 0. The van der Waals surface area contributed by atoms with Crippen molar-refractivity contribution in [2.75, 3.05) is 6.54 Å². The summed E-state index contributed by atoms with van der Waals surface area (Å²) in [5.41, 5.74) is 0. The lowest BCUT2D eigenvalue weighted by Crippen LogP contribution is -2.25. The highest BCUT2D eigenvalue weighted by Crippen LogP contribution is 2.14. The second-order valence-corrected chi connectivity index (χ2v) is 5.33. The van der Waals surface area contributed by atoms with Crippen LogP contribution in [0.2, 0.25) is 4.47 Å². The first-order chi connectivity index (χ1) is 7.75. The van der Waals surface area contributed by atoms with Gasteiger partial charge in [0.05, 0.1) is 5.01 Å². The summed E-state index contributed by atoms with van der Waals surface area (Å²) >= 11 is 8.20. The van der Waals surface area contributed by atoms with Gasteiger partial charge < -0.3 is 5.32 Å². The molecule has 16 heavy (non-hydrogen) atoms. The first kappa shape index (κ1) is 11.4. The van der Waals surface area contributed by atoms with Crippen LogP contribution in [-0.2, 0) is 6.42 Å². The summed E-state index contributed by atoms with van der Waals surface area (Å²) in [4.78, 5) is 15.6. The Labute approximate surface area is 105 Å². The van der Waals surface area contributed by atoms with Crippen molar-refractivity contribution < 1.29 is 4.79 Å². The molecule has 0 bridgehead atoms. The van der Waals surface area contributed by atoms with Crippen LogP contribution in [-0.4, -0.2) is 27.6 Å². The van der Waals surface area contributed by atoms with Crippen LogP contribution in [0.5, 0.6) is 0 Å². The molecule has 0 unspecified atom stereocenters. The van der Waals surface area contributed by atoms with E-state index in [0.29, 0.717) is 6.54 Å². The fourth-order valence-electron chi connectivity index (χ4n) is 1.03. The van der Waals surface area contributed by atoms with Crippen molar-refractivity contribution in [3.63, 3.8) is 0 Å². The van der Waals surface area contributed by atoms with E-state index in [9.17, 15) is 4.79 Å². The molecule has 5 nitrogen and oxygen atoms in total. The van der Waals surface area contributed by atoms with E-state index in [4.69, 9.17) is 11.6 Å². The molecule has 0 aromatic carbocycles. The molecule has 1 N–H and O–H groups in total. The van der Waals surface area contributed by atoms with Crippen molar-refractivity contribution >= 4 is 40.2 Å². The molecular formula is C8H7ClN4OS2. The van der Waals surface area contributed by atoms with Gasteiger partial charge in [0, 0.05) is 24.5 Å². The maximum Gasteiger partial charge on any atom is 0.282 e. The third-order valence-electron chi connectivity index (χ3n) is 1.70. The normalized spacial score (nSPS) is 10.3. The molecule has 0 fully saturated rings. The molecule has 0 saturated carbocycles. The van der Waals surface area contributed by atoms with E-state index in [2.05, 4.69) is 20.5 Å². The molecule has 0 aliphatic rings. The van der Waals surface area contributed by atoms with Gasteiger partial charge in [0.2, 0.25) is 9.47 Å². The number of carbonyl (C=O) groups is 1. The Balaban J connectivity index is 1.80. The van der Waals surface area contributed by atoms with Crippen molar-refractivity contribution in [2.24, 2.45) is 0 Å². The highest BCUT2D eigenvalue weighted by Gasteiger charge is 2.11. The van der Waals surface area contributed by atoms with Crippen LogP contribution >= 0.6 is 34.3 Å².